The average molecular weight is 341 g/mol. The first-order valence-electron chi connectivity index (χ1n) is 8.09. The zero-order chi connectivity index (χ0) is 16.9. The molecular formula is C15H27N5O2S. The van der Waals surface area contributed by atoms with Gasteiger partial charge in [-0.05, 0) is 19.3 Å². The highest BCUT2D eigenvalue weighted by Crippen LogP contribution is 2.27. The number of guanidine groups is 1. The molecule has 0 spiro atoms. The maximum absolute atomic E-state index is 11.3. The Morgan fingerprint density at radius 1 is 1.48 bits per heavy atom. The Hall–Kier alpha value is -1.57. The number of aliphatic imine (C=N–C) groups is 1. The van der Waals surface area contributed by atoms with E-state index < -0.39 is 9.84 Å². The van der Waals surface area contributed by atoms with Crippen LogP contribution in [-0.2, 0) is 9.84 Å². The van der Waals surface area contributed by atoms with Gasteiger partial charge in [0.2, 0.25) is 0 Å². The number of nitrogens with zero attached hydrogens (tertiary/aromatic N) is 4. The minimum Gasteiger partial charge on any atom is -0.357 e. The quantitative estimate of drug-likeness (QED) is 0.632. The molecule has 23 heavy (non-hydrogen) atoms. The van der Waals surface area contributed by atoms with Gasteiger partial charge in [-0.15, -0.1) is 0 Å². The molecule has 1 fully saturated rings. The van der Waals surface area contributed by atoms with Crippen LogP contribution in [0.3, 0.4) is 0 Å². The fraction of sp³-hybridized carbons (Fsp3) is 0.733. The number of imidazole rings is 1. The Balaban J connectivity index is 2.08. The third kappa shape index (κ3) is 5.23. The summed E-state index contributed by atoms with van der Waals surface area (Å²) in [5.41, 5.74) is 0. The van der Waals surface area contributed by atoms with Crippen LogP contribution in [0.4, 0.5) is 0 Å². The summed E-state index contributed by atoms with van der Waals surface area (Å²) >= 11 is 0. The van der Waals surface area contributed by atoms with Crippen LogP contribution in [0, 0.1) is 5.92 Å². The summed E-state index contributed by atoms with van der Waals surface area (Å²) in [7, 11) is -2.99. The number of hydrogen-bond donors (Lipinski definition) is 1. The van der Waals surface area contributed by atoms with Gasteiger partial charge in [0, 0.05) is 38.3 Å². The standard InChI is InChI=1S/C15H27N5O2S/c1-4-17-15(18-7-10-23(3,21)22)19-8-5-13(2)14(11-19)20-9-6-16-12-20/h6,9,12-14H,4-5,7-8,10-11H2,1-3H3,(H,17,18). The molecule has 7 nitrogen and oxygen atoms in total. The summed E-state index contributed by atoms with van der Waals surface area (Å²) in [6.07, 6.45) is 7.97. The number of sulfone groups is 1. The van der Waals surface area contributed by atoms with Gasteiger partial charge in [-0.1, -0.05) is 6.92 Å². The molecule has 0 bridgehead atoms. The van der Waals surface area contributed by atoms with E-state index in [0.717, 1.165) is 32.0 Å². The zero-order valence-electron chi connectivity index (χ0n) is 14.1. The fourth-order valence-electron chi connectivity index (χ4n) is 2.84. The molecular weight excluding hydrogens is 314 g/mol. The first-order valence-corrected chi connectivity index (χ1v) is 10.1. The van der Waals surface area contributed by atoms with Crippen LogP contribution in [0.2, 0.25) is 0 Å². The van der Waals surface area contributed by atoms with Crippen molar-refractivity contribution in [1.29, 1.82) is 0 Å². The van der Waals surface area contributed by atoms with Gasteiger partial charge in [-0.25, -0.2) is 13.4 Å². The average Bonchev–Trinajstić information content (AvgIpc) is 3.00. The normalized spacial score (nSPS) is 23.1. The van der Waals surface area contributed by atoms with Crippen LogP contribution in [0.15, 0.2) is 23.7 Å². The molecule has 0 aromatic carbocycles. The predicted molar refractivity (Wildman–Crippen MR) is 92.3 cm³/mol. The van der Waals surface area contributed by atoms with Crippen LogP contribution < -0.4 is 5.32 Å². The van der Waals surface area contributed by atoms with Gasteiger partial charge >= 0.3 is 0 Å². The largest absolute Gasteiger partial charge is 0.357 e. The Bertz CT molecular complexity index is 612. The third-order valence-corrected chi connectivity index (χ3v) is 5.11. The lowest BCUT2D eigenvalue weighted by Crippen LogP contribution is -2.49. The molecule has 1 aromatic heterocycles. The van der Waals surface area contributed by atoms with E-state index in [-0.39, 0.29) is 5.75 Å². The lowest BCUT2D eigenvalue weighted by atomic mass is 9.93. The van der Waals surface area contributed by atoms with Crippen LogP contribution >= 0.6 is 0 Å². The van der Waals surface area contributed by atoms with Crippen molar-refractivity contribution in [2.45, 2.75) is 26.3 Å². The molecule has 0 saturated carbocycles. The molecule has 0 aliphatic carbocycles. The highest BCUT2D eigenvalue weighted by atomic mass is 32.2. The first-order chi connectivity index (χ1) is 10.9. The van der Waals surface area contributed by atoms with E-state index in [0.29, 0.717) is 18.5 Å². The van der Waals surface area contributed by atoms with E-state index in [2.05, 4.69) is 31.7 Å². The fourth-order valence-corrected chi connectivity index (χ4v) is 3.26. The number of aromatic nitrogens is 2. The van der Waals surface area contributed by atoms with Crippen molar-refractivity contribution in [3.05, 3.63) is 18.7 Å². The van der Waals surface area contributed by atoms with Gasteiger partial charge in [-0.3, -0.25) is 4.99 Å². The first kappa shape index (κ1) is 17.8. The van der Waals surface area contributed by atoms with Crippen LogP contribution in [0.1, 0.15) is 26.3 Å². The van der Waals surface area contributed by atoms with E-state index in [1.165, 1.54) is 6.26 Å². The van der Waals surface area contributed by atoms with E-state index in [1.807, 2.05) is 19.4 Å². The Labute approximate surface area is 138 Å². The molecule has 0 amide bonds. The molecule has 1 aliphatic rings. The monoisotopic (exact) mass is 341 g/mol. The molecule has 2 unspecified atom stereocenters. The summed E-state index contributed by atoms with van der Waals surface area (Å²) in [6, 6.07) is 0.352. The summed E-state index contributed by atoms with van der Waals surface area (Å²) in [5.74, 6) is 1.45. The summed E-state index contributed by atoms with van der Waals surface area (Å²) in [5, 5.41) is 3.28. The maximum Gasteiger partial charge on any atom is 0.194 e. The summed E-state index contributed by atoms with van der Waals surface area (Å²) in [4.78, 5) is 10.9. The van der Waals surface area contributed by atoms with Crippen molar-refractivity contribution < 1.29 is 8.42 Å². The molecule has 2 rings (SSSR count). The highest BCUT2D eigenvalue weighted by molar-refractivity contribution is 7.90. The second-order valence-electron chi connectivity index (χ2n) is 6.15. The number of nitrogens with one attached hydrogen (secondary N) is 1. The number of piperidine rings is 1. The molecule has 2 atom stereocenters. The second kappa shape index (κ2) is 7.81. The highest BCUT2D eigenvalue weighted by Gasteiger charge is 2.28. The van der Waals surface area contributed by atoms with Crippen molar-refractivity contribution in [2.24, 2.45) is 10.9 Å². The van der Waals surface area contributed by atoms with Crippen molar-refractivity contribution in [2.75, 3.05) is 38.2 Å². The molecule has 1 N–H and O–H groups in total. The minimum absolute atomic E-state index is 0.0804. The molecule has 1 saturated heterocycles. The van der Waals surface area contributed by atoms with Crippen LogP contribution in [0.5, 0.6) is 0 Å². The third-order valence-electron chi connectivity index (χ3n) is 4.18. The van der Waals surface area contributed by atoms with Crippen molar-refractivity contribution >= 4 is 15.8 Å². The van der Waals surface area contributed by atoms with Gasteiger partial charge < -0.3 is 14.8 Å². The van der Waals surface area contributed by atoms with Gasteiger partial charge in [0.25, 0.3) is 0 Å². The molecule has 1 aliphatic heterocycles. The lowest BCUT2D eigenvalue weighted by Gasteiger charge is -2.39. The molecule has 2 heterocycles. The number of likely N-dealkylation sites (tertiary alicyclic amines) is 1. The Morgan fingerprint density at radius 3 is 2.87 bits per heavy atom. The van der Waals surface area contributed by atoms with E-state index >= 15 is 0 Å². The van der Waals surface area contributed by atoms with E-state index in [1.54, 1.807) is 6.20 Å². The maximum atomic E-state index is 11.3. The molecule has 8 heteroatoms. The van der Waals surface area contributed by atoms with E-state index in [9.17, 15) is 8.42 Å². The smallest absolute Gasteiger partial charge is 0.194 e. The van der Waals surface area contributed by atoms with Crippen molar-refractivity contribution in [3.8, 4) is 0 Å². The second-order valence-corrected chi connectivity index (χ2v) is 8.41. The summed E-state index contributed by atoms with van der Waals surface area (Å²) < 4.78 is 24.7. The van der Waals surface area contributed by atoms with Crippen LogP contribution in [-0.4, -0.2) is 67.0 Å². The van der Waals surface area contributed by atoms with Crippen LogP contribution in [0.25, 0.3) is 0 Å². The van der Waals surface area contributed by atoms with Gasteiger partial charge in [-0.2, -0.15) is 0 Å². The molecule has 130 valence electrons. The predicted octanol–water partition coefficient (Wildman–Crippen LogP) is 0.776. The van der Waals surface area contributed by atoms with Crippen molar-refractivity contribution in [1.82, 2.24) is 19.8 Å². The number of rotatable bonds is 5. The van der Waals surface area contributed by atoms with Crippen molar-refractivity contribution in [3.63, 3.8) is 0 Å². The SMILES string of the molecule is CCNC(=NCCS(C)(=O)=O)N1CCC(C)C(n2ccnc2)C1. The molecule has 1 aromatic rings. The molecule has 0 radical (unpaired) electrons. The topological polar surface area (TPSA) is 79.6 Å². The Kier molecular flexibility index (Phi) is 6.04. The number of hydrogen-bond acceptors (Lipinski definition) is 4. The van der Waals surface area contributed by atoms with E-state index in [4.69, 9.17) is 0 Å². The lowest BCUT2D eigenvalue weighted by molar-refractivity contribution is 0.189. The zero-order valence-corrected chi connectivity index (χ0v) is 15.0. The minimum atomic E-state index is -2.99. The van der Waals surface area contributed by atoms with Gasteiger partial charge in [0.05, 0.1) is 24.7 Å². The van der Waals surface area contributed by atoms with Gasteiger partial charge in [0.1, 0.15) is 9.84 Å². The Morgan fingerprint density at radius 2 is 2.26 bits per heavy atom. The summed E-state index contributed by atoms with van der Waals surface area (Å²) in [6.45, 7) is 7.11. The van der Waals surface area contributed by atoms with Gasteiger partial charge in [0.15, 0.2) is 5.96 Å².